The first-order valence-corrected chi connectivity index (χ1v) is 9.27. The van der Waals surface area contributed by atoms with Crippen molar-refractivity contribution in [2.24, 2.45) is 0 Å². The first-order valence-electron chi connectivity index (χ1n) is 7.78. The lowest BCUT2D eigenvalue weighted by atomic mass is 10.1. The first kappa shape index (κ1) is 18.8. The minimum atomic E-state index is -3.65. The number of ether oxygens (including phenoxy) is 2. The van der Waals surface area contributed by atoms with E-state index in [0.717, 1.165) is 11.1 Å². The Morgan fingerprint density at radius 1 is 0.840 bits per heavy atom. The molecule has 0 aromatic heterocycles. The Labute approximate surface area is 149 Å². The maximum Gasteiger partial charge on any atom is 0.206 e. The van der Waals surface area contributed by atoms with Gasteiger partial charge in [0, 0.05) is 0 Å². The van der Waals surface area contributed by atoms with E-state index in [2.05, 4.69) is 13.2 Å². The van der Waals surface area contributed by atoms with Gasteiger partial charge in [0.1, 0.15) is 11.5 Å². The van der Waals surface area contributed by atoms with Crippen LogP contribution in [0.4, 0.5) is 0 Å². The van der Waals surface area contributed by atoms with Gasteiger partial charge in [-0.15, -0.1) is 13.2 Å². The zero-order valence-corrected chi connectivity index (χ0v) is 15.3. The van der Waals surface area contributed by atoms with Gasteiger partial charge in [0.25, 0.3) is 0 Å². The summed E-state index contributed by atoms with van der Waals surface area (Å²) < 4.78 is 36.6. The molecule has 4 nitrogen and oxygen atoms in total. The van der Waals surface area contributed by atoms with Crippen LogP contribution >= 0.6 is 0 Å². The van der Waals surface area contributed by atoms with Crippen molar-refractivity contribution < 1.29 is 17.9 Å². The van der Waals surface area contributed by atoms with Crippen molar-refractivity contribution in [3.05, 3.63) is 72.8 Å². The molecule has 0 amide bonds. The second-order valence-corrected chi connectivity index (χ2v) is 7.39. The largest absolute Gasteiger partial charge is 0.496 e. The maximum absolute atomic E-state index is 13.0. The lowest BCUT2D eigenvalue weighted by molar-refractivity contribution is 0.410. The zero-order chi connectivity index (χ0) is 18.4. The second kappa shape index (κ2) is 8.03. The van der Waals surface area contributed by atoms with Crippen LogP contribution < -0.4 is 9.47 Å². The molecule has 0 saturated carbocycles. The molecule has 0 bridgehead atoms. The molecule has 0 heterocycles. The molecule has 0 unspecified atom stereocenters. The van der Waals surface area contributed by atoms with E-state index in [1.165, 1.54) is 0 Å². The number of hydrogen-bond donors (Lipinski definition) is 0. The highest BCUT2D eigenvalue weighted by Gasteiger charge is 2.20. The molecule has 2 aromatic carbocycles. The molecule has 132 valence electrons. The lowest BCUT2D eigenvalue weighted by Gasteiger charge is -2.12. The molecular formula is C20H22O4S. The van der Waals surface area contributed by atoms with E-state index in [1.54, 1.807) is 62.8 Å². The van der Waals surface area contributed by atoms with Gasteiger partial charge < -0.3 is 9.47 Å². The van der Waals surface area contributed by atoms with Crippen molar-refractivity contribution in [1.29, 1.82) is 0 Å². The molecule has 0 aliphatic carbocycles. The van der Waals surface area contributed by atoms with Gasteiger partial charge in [-0.1, -0.05) is 12.2 Å². The van der Waals surface area contributed by atoms with Gasteiger partial charge >= 0.3 is 0 Å². The summed E-state index contributed by atoms with van der Waals surface area (Å²) in [5, 5.41) is 0. The summed E-state index contributed by atoms with van der Waals surface area (Å²) in [7, 11) is -0.537. The summed E-state index contributed by atoms with van der Waals surface area (Å²) in [5.41, 5.74) is 1.55. The van der Waals surface area contributed by atoms with E-state index < -0.39 is 9.84 Å². The van der Waals surface area contributed by atoms with Gasteiger partial charge in [-0.25, -0.2) is 8.42 Å². The van der Waals surface area contributed by atoms with Crippen molar-refractivity contribution in [1.82, 2.24) is 0 Å². The van der Waals surface area contributed by atoms with Gasteiger partial charge in [-0.3, -0.25) is 0 Å². The Balaban J connectivity index is 2.55. The van der Waals surface area contributed by atoms with Crippen LogP contribution in [0.3, 0.4) is 0 Å². The van der Waals surface area contributed by atoms with Gasteiger partial charge in [-0.2, -0.15) is 0 Å². The summed E-state index contributed by atoms with van der Waals surface area (Å²) in [5.74, 6) is 1.28. The van der Waals surface area contributed by atoms with Crippen LogP contribution in [0.1, 0.15) is 11.1 Å². The average molecular weight is 358 g/mol. The lowest BCUT2D eigenvalue weighted by Crippen LogP contribution is -2.05. The van der Waals surface area contributed by atoms with Crippen LogP contribution in [-0.4, -0.2) is 22.6 Å². The zero-order valence-electron chi connectivity index (χ0n) is 14.5. The molecule has 0 saturated heterocycles. The average Bonchev–Trinajstić information content (AvgIpc) is 2.62. The van der Waals surface area contributed by atoms with Crippen LogP contribution in [0.15, 0.2) is 71.5 Å². The fourth-order valence-corrected chi connectivity index (χ4v) is 3.97. The number of rotatable bonds is 8. The Bertz CT molecular complexity index is 815. The minimum Gasteiger partial charge on any atom is -0.496 e. The van der Waals surface area contributed by atoms with Crippen molar-refractivity contribution in [3.63, 3.8) is 0 Å². The summed E-state index contributed by atoms with van der Waals surface area (Å²) in [6.07, 6.45) is 4.47. The molecule has 0 aliphatic heterocycles. The molecule has 2 aromatic rings. The molecule has 0 N–H and O–H groups in total. The third-order valence-electron chi connectivity index (χ3n) is 3.85. The normalized spacial score (nSPS) is 11.0. The Morgan fingerprint density at radius 3 is 1.56 bits per heavy atom. The number of allylic oxidation sites excluding steroid dienone is 2. The molecule has 0 aliphatic rings. The fraction of sp³-hybridized carbons (Fsp3) is 0.200. The summed E-state index contributed by atoms with van der Waals surface area (Å²) in [4.78, 5) is 0.444. The molecular weight excluding hydrogens is 336 g/mol. The van der Waals surface area contributed by atoms with Crippen LogP contribution in [0.2, 0.25) is 0 Å². The van der Waals surface area contributed by atoms with Crippen LogP contribution in [0, 0.1) is 0 Å². The molecule has 0 fully saturated rings. The Morgan fingerprint density at radius 2 is 1.24 bits per heavy atom. The summed E-state index contributed by atoms with van der Waals surface area (Å²) in [6, 6.07) is 9.70. The highest BCUT2D eigenvalue weighted by atomic mass is 32.2. The number of benzene rings is 2. The highest BCUT2D eigenvalue weighted by Crippen LogP contribution is 2.30. The first-order chi connectivity index (χ1) is 12.0. The smallest absolute Gasteiger partial charge is 0.206 e. The molecule has 0 radical (unpaired) electrons. The van der Waals surface area contributed by atoms with Crippen molar-refractivity contribution >= 4 is 9.84 Å². The van der Waals surface area contributed by atoms with Crippen LogP contribution in [0.25, 0.3) is 0 Å². The summed E-state index contributed by atoms with van der Waals surface area (Å²) in [6.45, 7) is 7.41. The molecule has 25 heavy (non-hydrogen) atoms. The van der Waals surface area contributed by atoms with Gasteiger partial charge in [0.05, 0.1) is 24.0 Å². The van der Waals surface area contributed by atoms with Crippen molar-refractivity contribution in [3.8, 4) is 11.5 Å². The minimum absolute atomic E-state index is 0.222. The SMILES string of the molecule is C=CCc1cc(S(=O)(=O)c2ccc(OC)c(CC=C)c2)ccc1OC. The van der Waals surface area contributed by atoms with E-state index in [0.29, 0.717) is 24.3 Å². The van der Waals surface area contributed by atoms with E-state index in [9.17, 15) is 8.42 Å². The third-order valence-corrected chi connectivity index (χ3v) is 5.60. The number of sulfone groups is 1. The monoisotopic (exact) mass is 358 g/mol. The van der Waals surface area contributed by atoms with E-state index in [-0.39, 0.29) is 9.79 Å². The van der Waals surface area contributed by atoms with E-state index >= 15 is 0 Å². The second-order valence-electron chi connectivity index (χ2n) is 5.44. The topological polar surface area (TPSA) is 52.6 Å². The van der Waals surface area contributed by atoms with Crippen molar-refractivity contribution in [2.75, 3.05) is 14.2 Å². The van der Waals surface area contributed by atoms with Crippen molar-refractivity contribution in [2.45, 2.75) is 22.6 Å². The Hall–Kier alpha value is -2.53. The quantitative estimate of drug-likeness (QED) is 0.670. The number of methoxy groups -OCH3 is 2. The predicted octanol–water partition coefficient (Wildman–Crippen LogP) is 3.99. The summed E-state index contributed by atoms with van der Waals surface area (Å²) >= 11 is 0. The highest BCUT2D eigenvalue weighted by molar-refractivity contribution is 7.91. The molecule has 0 spiro atoms. The maximum atomic E-state index is 13.0. The number of hydrogen-bond acceptors (Lipinski definition) is 4. The van der Waals surface area contributed by atoms with E-state index in [4.69, 9.17) is 9.47 Å². The van der Waals surface area contributed by atoms with Gasteiger partial charge in [0.15, 0.2) is 0 Å². The van der Waals surface area contributed by atoms with E-state index in [1.807, 2.05) is 0 Å². The predicted molar refractivity (Wildman–Crippen MR) is 99.2 cm³/mol. The van der Waals surface area contributed by atoms with Gasteiger partial charge in [-0.05, 0) is 60.4 Å². The van der Waals surface area contributed by atoms with Crippen LogP contribution in [0.5, 0.6) is 11.5 Å². The Kier molecular flexibility index (Phi) is 6.04. The standard InChI is InChI=1S/C20H22O4S/c1-5-7-15-13-17(9-11-19(15)23-3)25(21,22)18-10-12-20(24-4)16(14-18)8-6-2/h5-6,9-14H,1-2,7-8H2,3-4H3. The fourth-order valence-electron chi connectivity index (χ4n) is 2.61. The third kappa shape index (κ3) is 3.94. The molecule has 2 rings (SSSR count). The van der Waals surface area contributed by atoms with Gasteiger partial charge in [0.2, 0.25) is 9.84 Å². The molecule has 0 atom stereocenters. The molecule has 5 heteroatoms. The van der Waals surface area contributed by atoms with Crippen LogP contribution in [-0.2, 0) is 22.7 Å².